The Morgan fingerprint density at radius 2 is 1.94 bits per heavy atom. The Labute approximate surface area is 202 Å². The van der Waals surface area contributed by atoms with E-state index in [9.17, 15) is 14.0 Å². The fourth-order valence-electron chi connectivity index (χ4n) is 5.09. The number of benzene rings is 1. The highest BCUT2D eigenvalue weighted by Gasteiger charge is 2.28. The molecule has 0 unspecified atom stereocenters. The minimum atomic E-state index is -0.483. The van der Waals surface area contributed by atoms with Crippen LogP contribution in [0.15, 0.2) is 41.3 Å². The van der Waals surface area contributed by atoms with E-state index >= 15 is 0 Å². The van der Waals surface area contributed by atoms with Gasteiger partial charge in [-0.25, -0.2) is 9.18 Å². The fourth-order valence-corrected chi connectivity index (χ4v) is 5.09. The first-order valence-electron chi connectivity index (χ1n) is 12.1. The molecule has 0 spiro atoms. The third-order valence-electron chi connectivity index (χ3n) is 6.92. The zero-order valence-electron chi connectivity index (χ0n) is 19.8. The third kappa shape index (κ3) is 4.86. The zero-order valence-corrected chi connectivity index (χ0v) is 19.8. The topological polar surface area (TPSA) is 89.4 Å². The van der Waals surface area contributed by atoms with Gasteiger partial charge in [0.15, 0.2) is 0 Å². The van der Waals surface area contributed by atoms with Crippen molar-refractivity contribution < 1.29 is 18.7 Å². The minimum Gasteiger partial charge on any atom is -0.489 e. The van der Waals surface area contributed by atoms with Crippen LogP contribution in [0.1, 0.15) is 47.3 Å². The number of aromatic amines is 1. The number of carbonyl (C=O) groups excluding carboxylic acids is 1. The molecular formula is C26H29FN4O4. The van der Waals surface area contributed by atoms with E-state index in [1.807, 2.05) is 0 Å². The third-order valence-corrected chi connectivity index (χ3v) is 6.92. The smallest absolute Gasteiger partial charge is 0.343 e. The predicted octanol–water partition coefficient (Wildman–Crippen LogP) is 3.54. The number of carbonyl (C=O) groups is 1. The quantitative estimate of drug-likeness (QED) is 0.543. The Hall–Kier alpha value is -3.46. The van der Waals surface area contributed by atoms with Crippen molar-refractivity contribution in [2.24, 2.45) is 0 Å². The van der Waals surface area contributed by atoms with Crippen LogP contribution in [0.3, 0.4) is 0 Å². The standard InChI is InChI=1S/C26H29FN4O4/c1-34-26(33)24-21-10-11-30(16-18-15-28-29-25(18)17-6-8-19(27)9-7-17)12-13-31(21)23(32)14-22(24)35-20-4-2-3-5-20/h6-9,14-15,20H,2-5,10-13,16H2,1H3,(H,28,29). The molecule has 184 valence electrons. The monoisotopic (exact) mass is 480 g/mol. The summed E-state index contributed by atoms with van der Waals surface area (Å²) >= 11 is 0. The van der Waals surface area contributed by atoms with Gasteiger partial charge in [0.1, 0.15) is 17.1 Å². The van der Waals surface area contributed by atoms with Crippen molar-refractivity contribution in [3.05, 3.63) is 69.5 Å². The lowest BCUT2D eigenvalue weighted by Crippen LogP contribution is -2.29. The molecule has 1 aromatic carbocycles. The second-order valence-corrected chi connectivity index (χ2v) is 9.14. The van der Waals surface area contributed by atoms with Crippen LogP contribution in [0.4, 0.5) is 4.39 Å². The summed E-state index contributed by atoms with van der Waals surface area (Å²) in [6.07, 6.45) is 6.33. The molecule has 5 rings (SSSR count). The van der Waals surface area contributed by atoms with Crippen molar-refractivity contribution in [3.63, 3.8) is 0 Å². The highest BCUT2D eigenvalue weighted by Crippen LogP contribution is 2.30. The van der Waals surface area contributed by atoms with Gasteiger partial charge in [0.2, 0.25) is 0 Å². The van der Waals surface area contributed by atoms with E-state index in [4.69, 9.17) is 9.47 Å². The summed E-state index contributed by atoms with van der Waals surface area (Å²) in [5.74, 6) is -0.436. The molecule has 1 aliphatic carbocycles. The molecule has 0 bridgehead atoms. The Morgan fingerprint density at radius 3 is 2.69 bits per heavy atom. The highest BCUT2D eigenvalue weighted by molar-refractivity contribution is 5.93. The number of fused-ring (bicyclic) bond motifs is 1. The fraction of sp³-hybridized carbons (Fsp3) is 0.423. The van der Waals surface area contributed by atoms with Gasteiger partial charge in [0, 0.05) is 55.5 Å². The zero-order chi connectivity index (χ0) is 24.4. The average Bonchev–Trinajstić information content (AvgIpc) is 3.49. The Bertz CT molecular complexity index is 1260. The minimum absolute atomic E-state index is 0.0223. The largest absolute Gasteiger partial charge is 0.489 e. The SMILES string of the molecule is COC(=O)c1c(OC2CCCC2)cc(=O)n2c1CCN(Cc1cn[nH]c1-c1ccc(F)cc1)CC2. The molecule has 0 saturated heterocycles. The summed E-state index contributed by atoms with van der Waals surface area (Å²) in [5, 5.41) is 7.21. The number of pyridine rings is 1. The van der Waals surface area contributed by atoms with Gasteiger partial charge in [-0.1, -0.05) is 0 Å². The van der Waals surface area contributed by atoms with Crippen LogP contribution in [-0.4, -0.2) is 51.9 Å². The second-order valence-electron chi connectivity index (χ2n) is 9.14. The molecule has 8 nitrogen and oxygen atoms in total. The second kappa shape index (κ2) is 10.0. The molecule has 3 heterocycles. The number of methoxy groups -OCH3 is 1. The first-order valence-corrected chi connectivity index (χ1v) is 12.1. The molecular weight excluding hydrogens is 451 g/mol. The number of hydrogen-bond donors (Lipinski definition) is 1. The van der Waals surface area contributed by atoms with E-state index < -0.39 is 5.97 Å². The van der Waals surface area contributed by atoms with Gasteiger partial charge in [0.25, 0.3) is 5.56 Å². The van der Waals surface area contributed by atoms with E-state index in [0.29, 0.717) is 49.6 Å². The molecule has 1 fully saturated rings. The normalized spacial score (nSPS) is 16.6. The molecule has 0 radical (unpaired) electrons. The number of hydrogen-bond acceptors (Lipinski definition) is 6. The summed E-state index contributed by atoms with van der Waals surface area (Å²) in [4.78, 5) is 28.1. The lowest BCUT2D eigenvalue weighted by Gasteiger charge is -2.20. The van der Waals surface area contributed by atoms with Crippen LogP contribution in [-0.2, 0) is 24.2 Å². The summed E-state index contributed by atoms with van der Waals surface area (Å²) in [7, 11) is 1.35. The van der Waals surface area contributed by atoms with Crippen molar-refractivity contribution in [1.82, 2.24) is 19.7 Å². The number of aromatic nitrogens is 3. The van der Waals surface area contributed by atoms with Gasteiger partial charge in [-0.05, 0) is 49.9 Å². The Morgan fingerprint density at radius 1 is 1.17 bits per heavy atom. The van der Waals surface area contributed by atoms with E-state index in [2.05, 4.69) is 15.1 Å². The molecule has 0 amide bonds. The number of nitrogens with one attached hydrogen (secondary N) is 1. The van der Waals surface area contributed by atoms with Crippen LogP contribution < -0.4 is 10.3 Å². The number of H-pyrrole nitrogens is 1. The first-order chi connectivity index (χ1) is 17.0. The number of halogens is 1. The lowest BCUT2D eigenvalue weighted by molar-refractivity contribution is 0.0590. The van der Waals surface area contributed by atoms with Crippen LogP contribution >= 0.6 is 0 Å². The molecule has 2 aromatic heterocycles. The molecule has 0 atom stereocenters. The number of nitrogens with zero attached hydrogens (tertiary/aromatic N) is 3. The van der Waals surface area contributed by atoms with Crippen molar-refractivity contribution in [2.75, 3.05) is 20.2 Å². The maximum Gasteiger partial charge on any atom is 0.343 e. The highest BCUT2D eigenvalue weighted by atomic mass is 19.1. The molecule has 1 N–H and O–H groups in total. The van der Waals surface area contributed by atoms with E-state index in [0.717, 1.165) is 42.5 Å². The lowest BCUT2D eigenvalue weighted by atomic mass is 10.1. The number of rotatable bonds is 6. The van der Waals surface area contributed by atoms with Gasteiger partial charge in [-0.3, -0.25) is 14.8 Å². The average molecular weight is 481 g/mol. The molecule has 3 aromatic rings. The summed E-state index contributed by atoms with van der Waals surface area (Å²) in [6.45, 7) is 2.32. The van der Waals surface area contributed by atoms with E-state index in [-0.39, 0.29) is 17.5 Å². The Kier molecular flexibility index (Phi) is 6.68. The maximum atomic E-state index is 13.4. The molecule has 9 heteroatoms. The first kappa shape index (κ1) is 23.3. The van der Waals surface area contributed by atoms with Gasteiger partial charge >= 0.3 is 5.97 Å². The van der Waals surface area contributed by atoms with Crippen molar-refractivity contribution in [3.8, 4) is 17.0 Å². The molecule has 35 heavy (non-hydrogen) atoms. The summed E-state index contributed by atoms with van der Waals surface area (Å²) in [6, 6.07) is 7.73. The van der Waals surface area contributed by atoms with Crippen LogP contribution in [0.2, 0.25) is 0 Å². The summed E-state index contributed by atoms with van der Waals surface area (Å²) in [5.41, 5.74) is 3.52. The summed E-state index contributed by atoms with van der Waals surface area (Å²) < 4.78 is 26.3. The molecule has 1 saturated carbocycles. The number of ether oxygens (including phenoxy) is 2. The Balaban J connectivity index is 1.40. The van der Waals surface area contributed by atoms with Gasteiger partial charge in [-0.2, -0.15) is 5.10 Å². The van der Waals surface area contributed by atoms with Gasteiger partial charge in [0.05, 0.1) is 25.1 Å². The van der Waals surface area contributed by atoms with Gasteiger partial charge < -0.3 is 14.0 Å². The van der Waals surface area contributed by atoms with Crippen LogP contribution in [0, 0.1) is 5.82 Å². The van der Waals surface area contributed by atoms with Crippen LogP contribution in [0.25, 0.3) is 11.3 Å². The molecule has 1 aliphatic heterocycles. The van der Waals surface area contributed by atoms with Crippen molar-refractivity contribution in [1.29, 1.82) is 0 Å². The van der Waals surface area contributed by atoms with Gasteiger partial charge in [-0.15, -0.1) is 0 Å². The predicted molar refractivity (Wildman–Crippen MR) is 128 cm³/mol. The van der Waals surface area contributed by atoms with Crippen molar-refractivity contribution >= 4 is 5.97 Å². The van der Waals surface area contributed by atoms with E-state index in [1.165, 1.54) is 25.3 Å². The number of esters is 1. The van der Waals surface area contributed by atoms with Crippen LogP contribution in [0.5, 0.6) is 5.75 Å². The van der Waals surface area contributed by atoms with Crippen molar-refractivity contribution in [2.45, 2.75) is 51.3 Å². The van der Waals surface area contributed by atoms with E-state index in [1.54, 1.807) is 22.9 Å². The molecule has 2 aliphatic rings. The maximum absolute atomic E-state index is 13.4.